The van der Waals surface area contributed by atoms with E-state index in [-0.39, 0.29) is 43.8 Å². The van der Waals surface area contributed by atoms with E-state index in [1.165, 1.54) is 4.90 Å². The van der Waals surface area contributed by atoms with Gasteiger partial charge in [0.05, 0.1) is 11.3 Å². The van der Waals surface area contributed by atoms with E-state index in [0.717, 1.165) is 12.8 Å². The van der Waals surface area contributed by atoms with Crippen molar-refractivity contribution in [2.24, 2.45) is 23.2 Å². The number of likely N-dealkylation sites (tertiary alicyclic amines) is 1. The number of carbonyl (C=O) groups is 2. The van der Waals surface area contributed by atoms with Gasteiger partial charge in [-0.1, -0.05) is 12.8 Å². The Bertz CT molecular complexity index is 540. The van der Waals surface area contributed by atoms with Crippen LogP contribution >= 0.6 is 0 Å². The summed E-state index contributed by atoms with van der Waals surface area (Å²) >= 11 is 0. The monoisotopic (exact) mass is 362 g/mol. The van der Waals surface area contributed by atoms with Gasteiger partial charge in [0, 0.05) is 19.6 Å². The highest BCUT2D eigenvalue weighted by atomic mass is 19.4. The van der Waals surface area contributed by atoms with E-state index in [1.807, 2.05) is 0 Å². The summed E-state index contributed by atoms with van der Waals surface area (Å²) in [6.45, 7) is 0.856. The summed E-state index contributed by atoms with van der Waals surface area (Å²) in [5, 5.41) is 12.3. The highest BCUT2D eigenvalue weighted by molar-refractivity contribution is 5.80. The molecule has 25 heavy (non-hydrogen) atoms. The molecule has 3 rings (SSSR count). The highest BCUT2D eigenvalue weighted by Gasteiger charge is 2.55. The van der Waals surface area contributed by atoms with Crippen molar-refractivity contribution < 1.29 is 27.9 Å². The lowest BCUT2D eigenvalue weighted by Gasteiger charge is -2.31. The molecule has 5 nitrogen and oxygen atoms in total. The number of urea groups is 1. The van der Waals surface area contributed by atoms with Crippen LogP contribution in [0.2, 0.25) is 0 Å². The first-order chi connectivity index (χ1) is 11.7. The van der Waals surface area contributed by atoms with E-state index in [9.17, 15) is 27.9 Å². The van der Waals surface area contributed by atoms with E-state index in [1.54, 1.807) is 0 Å². The maximum absolute atomic E-state index is 12.9. The third kappa shape index (κ3) is 3.58. The standard InChI is InChI=1S/C17H25F3N2O3/c18-17(19,20)12-4-1-3-11(7-12)8-21-15(25)22-9-13-5-2-6-16(13,10-22)14(23)24/h11-13H,1-10H2,(H,21,25)(H,23,24)/t11?,12?,13-,16+/m0/s1. The maximum atomic E-state index is 12.9. The number of hydrogen-bond acceptors (Lipinski definition) is 2. The second-order valence-electron chi connectivity index (χ2n) is 7.89. The van der Waals surface area contributed by atoms with Crippen LogP contribution in [-0.4, -0.2) is 47.8 Å². The summed E-state index contributed by atoms with van der Waals surface area (Å²) < 4.78 is 38.6. The number of nitrogens with zero attached hydrogens (tertiary/aromatic N) is 1. The molecule has 0 aromatic carbocycles. The number of nitrogens with one attached hydrogen (secondary N) is 1. The third-order valence-corrected chi connectivity index (χ3v) is 6.37. The second kappa shape index (κ2) is 6.68. The van der Waals surface area contributed by atoms with Gasteiger partial charge in [-0.05, 0) is 43.9 Å². The molecule has 0 aromatic rings. The Morgan fingerprint density at radius 3 is 2.60 bits per heavy atom. The van der Waals surface area contributed by atoms with Crippen LogP contribution in [0, 0.1) is 23.2 Å². The normalized spacial score (nSPS) is 35.5. The Labute approximate surface area is 144 Å². The topological polar surface area (TPSA) is 69.6 Å². The molecular weight excluding hydrogens is 337 g/mol. The van der Waals surface area contributed by atoms with Crippen molar-refractivity contribution in [1.29, 1.82) is 0 Å². The fourth-order valence-electron chi connectivity index (χ4n) is 4.91. The van der Waals surface area contributed by atoms with Gasteiger partial charge in [0.15, 0.2) is 0 Å². The number of halogens is 3. The Hall–Kier alpha value is -1.47. The minimum Gasteiger partial charge on any atom is -0.481 e. The Balaban J connectivity index is 1.51. The minimum atomic E-state index is -4.16. The largest absolute Gasteiger partial charge is 0.481 e. The van der Waals surface area contributed by atoms with Gasteiger partial charge in [-0.15, -0.1) is 0 Å². The van der Waals surface area contributed by atoms with Crippen LogP contribution < -0.4 is 5.32 Å². The number of alkyl halides is 3. The zero-order valence-electron chi connectivity index (χ0n) is 14.1. The summed E-state index contributed by atoms with van der Waals surface area (Å²) in [4.78, 5) is 25.5. The molecule has 3 aliphatic rings. The summed E-state index contributed by atoms with van der Waals surface area (Å²) in [6, 6.07) is -0.343. The zero-order valence-corrected chi connectivity index (χ0v) is 14.1. The Kier molecular flexibility index (Phi) is 4.90. The van der Waals surface area contributed by atoms with Crippen LogP contribution in [0.1, 0.15) is 44.9 Å². The van der Waals surface area contributed by atoms with Crippen molar-refractivity contribution in [3.05, 3.63) is 0 Å². The number of amides is 2. The van der Waals surface area contributed by atoms with Crippen LogP contribution in [-0.2, 0) is 4.79 Å². The summed E-state index contributed by atoms with van der Waals surface area (Å²) in [7, 11) is 0. The molecule has 3 fully saturated rings. The molecular formula is C17H25F3N2O3. The fraction of sp³-hybridized carbons (Fsp3) is 0.882. The van der Waals surface area contributed by atoms with Crippen molar-refractivity contribution in [1.82, 2.24) is 10.2 Å². The van der Waals surface area contributed by atoms with Crippen molar-refractivity contribution in [2.75, 3.05) is 19.6 Å². The molecule has 0 bridgehead atoms. The molecule has 4 atom stereocenters. The van der Waals surface area contributed by atoms with Crippen molar-refractivity contribution >= 4 is 12.0 Å². The van der Waals surface area contributed by atoms with Crippen LogP contribution in [0.3, 0.4) is 0 Å². The van der Waals surface area contributed by atoms with Gasteiger partial charge in [0.25, 0.3) is 0 Å². The number of aliphatic carboxylic acids is 1. The lowest BCUT2D eigenvalue weighted by molar-refractivity contribution is -0.185. The van der Waals surface area contributed by atoms with Gasteiger partial charge in [0.1, 0.15) is 0 Å². The zero-order chi connectivity index (χ0) is 18.2. The van der Waals surface area contributed by atoms with E-state index in [2.05, 4.69) is 5.32 Å². The molecule has 2 unspecified atom stereocenters. The molecule has 1 saturated heterocycles. The maximum Gasteiger partial charge on any atom is 0.391 e. The SMILES string of the molecule is O=C(NCC1CCCC(C(F)(F)F)C1)N1C[C@@H]2CCC[C@@]2(C(=O)O)C1. The number of hydrogen-bond donors (Lipinski definition) is 2. The molecule has 8 heteroatoms. The predicted octanol–water partition coefficient (Wildman–Crippen LogP) is 3.25. The molecule has 1 aliphatic heterocycles. The Morgan fingerprint density at radius 1 is 1.20 bits per heavy atom. The smallest absolute Gasteiger partial charge is 0.391 e. The first kappa shape index (κ1) is 18.3. The quantitative estimate of drug-likeness (QED) is 0.810. The molecule has 0 spiro atoms. The molecule has 2 saturated carbocycles. The molecule has 2 N–H and O–H groups in total. The average Bonchev–Trinajstić information content (AvgIpc) is 3.10. The lowest BCUT2D eigenvalue weighted by Crippen LogP contribution is -2.43. The third-order valence-electron chi connectivity index (χ3n) is 6.37. The van der Waals surface area contributed by atoms with Gasteiger partial charge >= 0.3 is 18.2 Å². The summed E-state index contributed by atoms with van der Waals surface area (Å²) in [5.74, 6) is -2.30. The lowest BCUT2D eigenvalue weighted by atomic mass is 9.81. The fourth-order valence-corrected chi connectivity index (χ4v) is 4.91. The van der Waals surface area contributed by atoms with E-state index in [4.69, 9.17) is 0 Å². The summed E-state index contributed by atoms with van der Waals surface area (Å²) in [6.07, 6.45) is -0.448. The van der Waals surface area contributed by atoms with Crippen molar-refractivity contribution in [2.45, 2.75) is 51.1 Å². The molecule has 0 aromatic heterocycles. The Morgan fingerprint density at radius 2 is 1.96 bits per heavy atom. The first-order valence-corrected chi connectivity index (χ1v) is 9.05. The molecule has 0 radical (unpaired) electrons. The van der Waals surface area contributed by atoms with Gasteiger partial charge in [-0.2, -0.15) is 13.2 Å². The molecule has 2 amide bonds. The van der Waals surface area contributed by atoms with E-state index >= 15 is 0 Å². The minimum absolute atomic E-state index is 0.0139. The number of carboxylic acid groups (broad SMARTS) is 1. The average molecular weight is 362 g/mol. The number of rotatable bonds is 3. The van der Waals surface area contributed by atoms with E-state index in [0.29, 0.717) is 25.8 Å². The van der Waals surface area contributed by atoms with Gasteiger partial charge in [-0.25, -0.2) is 4.79 Å². The van der Waals surface area contributed by atoms with E-state index < -0.39 is 23.5 Å². The van der Waals surface area contributed by atoms with Crippen molar-refractivity contribution in [3.63, 3.8) is 0 Å². The second-order valence-corrected chi connectivity index (χ2v) is 7.89. The van der Waals surface area contributed by atoms with Crippen LogP contribution in [0.4, 0.5) is 18.0 Å². The first-order valence-electron chi connectivity index (χ1n) is 9.05. The van der Waals surface area contributed by atoms with Crippen molar-refractivity contribution in [3.8, 4) is 0 Å². The van der Waals surface area contributed by atoms with Crippen LogP contribution in [0.25, 0.3) is 0 Å². The summed E-state index contributed by atoms with van der Waals surface area (Å²) in [5.41, 5.74) is -0.830. The molecule has 1 heterocycles. The molecule has 142 valence electrons. The number of carbonyl (C=O) groups excluding carboxylic acids is 1. The number of carboxylic acids is 1. The van der Waals surface area contributed by atoms with Crippen LogP contribution in [0.5, 0.6) is 0 Å². The highest BCUT2D eigenvalue weighted by Crippen LogP contribution is 2.48. The number of fused-ring (bicyclic) bond motifs is 1. The van der Waals surface area contributed by atoms with Gasteiger partial charge in [0.2, 0.25) is 0 Å². The van der Waals surface area contributed by atoms with Crippen LogP contribution in [0.15, 0.2) is 0 Å². The molecule has 2 aliphatic carbocycles. The predicted molar refractivity (Wildman–Crippen MR) is 83.9 cm³/mol. The van der Waals surface area contributed by atoms with Gasteiger partial charge < -0.3 is 15.3 Å². The van der Waals surface area contributed by atoms with Gasteiger partial charge in [-0.3, -0.25) is 4.79 Å².